The predicted octanol–water partition coefficient (Wildman–Crippen LogP) is 4.38. The molecule has 0 aromatic heterocycles. The minimum absolute atomic E-state index is 0.00614. The number of carbonyl (C=O) groups excluding carboxylic acids is 1. The lowest BCUT2D eigenvalue weighted by Crippen LogP contribution is -2.24. The number of amides is 1. The Balaban J connectivity index is 2.18. The average molecular weight is 298 g/mol. The van der Waals surface area contributed by atoms with E-state index in [0.717, 1.165) is 18.8 Å². The average Bonchev–Trinajstić information content (AvgIpc) is 2.40. The summed E-state index contributed by atoms with van der Waals surface area (Å²) < 4.78 is 0. The standard InChI is InChI=1S/C16H24ClNO2/c1-12(2)7-5-3-4-6-10-18-16(20)13-8-9-15(19)14(17)11-13/h8-9,11-12,19H,3-7,10H2,1-2H3,(H,18,20). The van der Waals surface area contributed by atoms with E-state index >= 15 is 0 Å². The first-order valence-electron chi connectivity index (χ1n) is 7.27. The topological polar surface area (TPSA) is 49.3 Å². The fourth-order valence-electron chi connectivity index (χ4n) is 1.98. The van der Waals surface area contributed by atoms with Gasteiger partial charge in [-0.3, -0.25) is 4.79 Å². The molecule has 1 amide bonds. The molecule has 1 aromatic rings. The molecule has 0 spiro atoms. The highest BCUT2D eigenvalue weighted by Crippen LogP contribution is 2.23. The second-order valence-corrected chi connectivity index (χ2v) is 5.93. The molecule has 0 aliphatic carbocycles. The highest BCUT2D eigenvalue weighted by atomic mass is 35.5. The number of aromatic hydroxyl groups is 1. The number of unbranched alkanes of at least 4 members (excludes halogenated alkanes) is 3. The van der Waals surface area contributed by atoms with Crippen LogP contribution in [0.25, 0.3) is 0 Å². The maximum Gasteiger partial charge on any atom is 0.251 e. The summed E-state index contributed by atoms with van der Waals surface area (Å²) in [5, 5.41) is 12.4. The van der Waals surface area contributed by atoms with Crippen molar-refractivity contribution in [2.75, 3.05) is 6.54 Å². The van der Waals surface area contributed by atoms with Crippen molar-refractivity contribution in [2.24, 2.45) is 5.92 Å². The van der Waals surface area contributed by atoms with Gasteiger partial charge in [0.1, 0.15) is 5.75 Å². The van der Waals surface area contributed by atoms with Crippen LogP contribution in [-0.4, -0.2) is 17.6 Å². The molecule has 0 aliphatic rings. The number of carbonyl (C=O) groups is 1. The van der Waals surface area contributed by atoms with Crippen LogP contribution in [0.15, 0.2) is 18.2 Å². The van der Waals surface area contributed by atoms with Crippen LogP contribution < -0.4 is 5.32 Å². The molecular formula is C16H24ClNO2. The van der Waals surface area contributed by atoms with Crippen LogP contribution in [0, 0.1) is 5.92 Å². The monoisotopic (exact) mass is 297 g/mol. The van der Waals surface area contributed by atoms with Crippen molar-refractivity contribution < 1.29 is 9.90 Å². The van der Waals surface area contributed by atoms with Gasteiger partial charge in [0.2, 0.25) is 0 Å². The summed E-state index contributed by atoms with van der Waals surface area (Å²) in [5.41, 5.74) is 0.479. The van der Waals surface area contributed by atoms with Gasteiger partial charge in [0, 0.05) is 12.1 Å². The molecule has 0 fully saturated rings. The summed E-state index contributed by atoms with van der Waals surface area (Å²) >= 11 is 5.77. The molecule has 0 saturated heterocycles. The van der Waals surface area contributed by atoms with Crippen molar-refractivity contribution in [3.63, 3.8) is 0 Å². The van der Waals surface area contributed by atoms with Crippen molar-refractivity contribution in [3.05, 3.63) is 28.8 Å². The summed E-state index contributed by atoms with van der Waals surface area (Å²) in [6.07, 6.45) is 5.90. The van der Waals surface area contributed by atoms with Crippen molar-refractivity contribution in [1.82, 2.24) is 5.32 Å². The van der Waals surface area contributed by atoms with E-state index < -0.39 is 0 Å². The first kappa shape index (κ1) is 16.8. The van der Waals surface area contributed by atoms with Gasteiger partial charge in [0.25, 0.3) is 5.91 Å². The van der Waals surface area contributed by atoms with Gasteiger partial charge in [-0.1, -0.05) is 51.1 Å². The lowest BCUT2D eigenvalue weighted by Gasteiger charge is -2.07. The number of phenols is 1. The highest BCUT2D eigenvalue weighted by Gasteiger charge is 2.07. The molecule has 0 atom stereocenters. The summed E-state index contributed by atoms with van der Waals surface area (Å²) in [5.74, 6) is 0.622. The van der Waals surface area contributed by atoms with Gasteiger partial charge in [-0.25, -0.2) is 0 Å². The van der Waals surface area contributed by atoms with Gasteiger partial charge in [0.15, 0.2) is 0 Å². The van der Waals surface area contributed by atoms with E-state index in [4.69, 9.17) is 11.6 Å². The van der Waals surface area contributed by atoms with Gasteiger partial charge >= 0.3 is 0 Å². The van der Waals surface area contributed by atoms with Crippen molar-refractivity contribution in [1.29, 1.82) is 0 Å². The summed E-state index contributed by atoms with van der Waals surface area (Å²) in [4.78, 5) is 11.8. The molecule has 0 bridgehead atoms. The smallest absolute Gasteiger partial charge is 0.251 e. The Labute approximate surface area is 126 Å². The molecule has 0 saturated carbocycles. The lowest BCUT2D eigenvalue weighted by atomic mass is 10.0. The molecule has 0 unspecified atom stereocenters. The van der Waals surface area contributed by atoms with Crippen LogP contribution in [0.3, 0.4) is 0 Å². The Kier molecular flexibility index (Phi) is 7.45. The van der Waals surface area contributed by atoms with E-state index in [1.165, 1.54) is 31.4 Å². The fourth-order valence-corrected chi connectivity index (χ4v) is 2.16. The highest BCUT2D eigenvalue weighted by molar-refractivity contribution is 6.32. The Bertz CT molecular complexity index is 432. The first-order valence-corrected chi connectivity index (χ1v) is 7.65. The summed E-state index contributed by atoms with van der Waals surface area (Å²) in [6.45, 7) is 5.16. The second kappa shape index (κ2) is 8.85. The zero-order valence-corrected chi connectivity index (χ0v) is 13.0. The van der Waals surface area contributed by atoms with E-state index in [9.17, 15) is 9.90 Å². The number of benzene rings is 1. The van der Waals surface area contributed by atoms with Crippen molar-refractivity contribution in [3.8, 4) is 5.75 Å². The minimum atomic E-state index is -0.144. The van der Waals surface area contributed by atoms with Gasteiger partial charge in [-0.05, 0) is 30.5 Å². The largest absolute Gasteiger partial charge is 0.506 e. The molecule has 112 valence electrons. The third-order valence-electron chi connectivity index (χ3n) is 3.20. The van der Waals surface area contributed by atoms with Crippen LogP contribution in [0.5, 0.6) is 5.75 Å². The van der Waals surface area contributed by atoms with E-state index in [0.29, 0.717) is 12.1 Å². The number of phenolic OH excluding ortho intramolecular Hbond substituents is 1. The zero-order chi connectivity index (χ0) is 15.0. The molecule has 1 aromatic carbocycles. The number of halogens is 1. The number of nitrogens with one attached hydrogen (secondary N) is 1. The summed E-state index contributed by atoms with van der Waals surface area (Å²) in [6, 6.07) is 4.48. The second-order valence-electron chi connectivity index (χ2n) is 5.52. The third-order valence-corrected chi connectivity index (χ3v) is 3.51. The van der Waals surface area contributed by atoms with Gasteiger partial charge < -0.3 is 10.4 Å². The van der Waals surface area contributed by atoms with Crippen molar-refractivity contribution in [2.45, 2.75) is 46.0 Å². The number of hydrogen-bond donors (Lipinski definition) is 2. The molecule has 0 heterocycles. The van der Waals surface area contributed by atoms with E-state index in [1.54, 1.807) is 6.07 Å². The maximum absolute atomic E-state index is 11.8. The predicted molar refractivity (Wildman–Crippen MR) is 83.4 cm³/mol. The van der Waals surface area contributed by atoms with Gasteiger partial charge in [0.05, 0.1) is 5.02 Å². The van der Waals surface area contributed by atoms with Gasteiger partial charge in [-0.2, -0.15) is 0 Å². The zero-order valence-electron chi connectivity index (χ0n) is 12.3. The number of hydrogen-bond acceptors (Lipinski definition) is 2. The van der Waals surface area contributed by atoms with Crippen LogP contribution in [-0.2, 0) is 0 Å². The maximum atomic E-state index is 11.8. The Hall–Kier alpha value is -1.22. The minimum Gasteiger partial charge on any atom is -0.506 e. The van der Waals surface area contributed by atoms with E-state index in [-0.39, 0.29) is 16.7 Å². The van der Waals surface area contributed by atoms with Crippen LogP contribution in [0.2, 0.25) is 5.02 Å². The molecule has 0 aliphatic heterocycles. The van der Waals surface area contributed by atoms with E-state index in [2.05, 4.69) is 19.2 Å². The molecule has 4 heteroatoms. The Morgan fingerprint density at radius 2 is 1.95 bits per heavy atom. The lowest BCUT2D eigenvalue weighted by molar-refractivity contribution is 0.0953. The Morgan fingerprint density at radius 3 is 2.60 bits per heavy atom. The quantitative estimate of drug-likeness (QED) is 0.700. The number of rotatable bonds is 8. The fraction of sp³-hybridized carbons (Fsp3) is 0.562. The van der Waals surface area contributed by atoms with Crippen LogP contribution >= 0.6 is 11.6 Å². The normalized spacial score (nSPS) is 10.8. The third kappa shape index (κ3) is 6.29. The van der Waals surface area contributed by atoms with Crippen LogP contribution in [0.1, 0.15) is 56.3 Å². The van der Waals surface area contributed by atoms with Crippen LogP contribution in [0.4, 0.5) is 0 Å². The molecular weight excluding hydrogens is 274 g/mol. The molecule has 1 rings (SSSR count). The van der Waals surface area contributed by atoms with Crippen molar-refractivity contribution >= 4 is 17.5 Å². The van der Waals surface area contributed by atoms with E-state index in [1.807, 2.05) is 0 Å². The summed E-state index contributed by atoms with van der Waals surface area (Å²) in [7, 11) is 0. The Morgan fingerprint density at radius 1 is 1.25 bits per heavy atom. The van der Waals surface area contributed by atoms with Gasteiger partial charge in [-0.15, -0.1) is 0 Å². The molecule has 0 radical (unpaired) electrons. The molecule has 2 N–H and O–H groups in total. The first-order chi connectivity index (χ1) is 9.50. The molecule has 20 heavy (non-hydrogen) atoms. The SMILES string of the molecule is CC(C)CCCCCCNC(=O)c1ccc(O)c(Cl)c1. The molecule has 3 nitrogen and oxygen atoms in total.